The van der Waals surface area contributed by atoms with E-state index in [4.69, 9.17) is 24.3 Å². The minimum Gasteiger partial charge on any atom is -0.457 e. The van der Waals surface area contributed by atoms with E-state index in [9.17, 15) is 14.3 Å². The van der Waals surface area contributed by atoms with Gasteiger partial charge in [0.1, 0.15) is 6.10 Å². The molecule has 9 heteroatoms. The minimum atomic E-state index is -4.28. The maximum atomic E-state index is 12.6. The van der Waals surface area contributed by atoms with Crippen LogP contribution in [0.1, 0.15) is 206 Å². The van der Waals surface area contributed by atoms with Gasteiger partial charge in [0.05, 0.1) is 19.8 Å². The van der Waals surface area contributed by atoms with Crippen molar-refractivity contribution in [2.24, 2.45) is 5.73 Å². The van der Waals surface area contributed by atoms with Crippen LogP contribution in [0.25, 0.3) is 0 Å². The van der Waals surface area contributed by atoms with Crippen LogP contribution in [0.5, 0.6) is 0 Å². The number of unbranched alkanes of at least 4 members (excludes halogenated alkanes) is 25. The lowest BCUT2D eigenvalue weighted by molar-refractivity contribution is -0.154. The first-order valence-electron chi connectivity index (χ1n) is 21.8. The lowest BCUT2D eigenvalue weighted by Crippen LogP contribution is -2.28. The predicted molar refractivity (Wildman–Crippen MR) is 220 cm³/mol. The van der Waals surface area contributed by atoms with Crippen LogP contribution in [-0.2, 0) is 27.9 Å². The molecule has 0 saturated carbocycles. The normalized spacial score (nSPS) is 13.7. The fourth-order valence-corrected chi connectivity index (χ4v) is 6.91. The van der Waals surface area contributed by atoms with Crippen LogP contribution in [0.3, 0.4) is 0 Å². The number of carbonyl (C=O) groups is 1. The molecule has 0 aliphatic heterocycles. The SMILES string of the molecule is CCCCC/C=C\C/C=C\CCCCCCCC(=O)OC(COCCCCCCCCCCCCCCCCCCCC)COP(=O)(O)OCCN. The summed E-state index contributed by atoms with van der Waals surface area (Å²) in [6.45, 7) is 4.91. The maximum Gasteiger partial charge on any atom is 0.472 e. The van der Waals surface area contributed by atoms with Gasteiger partial charge in [-0.3, -0.25) is 13.8 Å². The van der Waals surface area contributed by atoms with Crippen molar-refractivity contribution < 1.29 is 32.8 Å². The molecule has 0 rings (SSSR count). The molecule has 0 fully saturated rings. The molecule has 0 aromatic carbocycles. The Kier molecular flexibility index (Phi) is 40.3. The summed E-state index contributed by atoms with van der Waals surface area (Å²) in [6.07, 6.45) is 44.8. The first-order chi connectivity index (χ1) is 25.4. The zero-order valence-electron chi connectivity index (χ0n) is 34.1. The Morgan fingerprint density at radius 3 is 1.54 bits per heavy atom. The monoisotopic (exact) mass is 758 g/mol. The van der Waals surface area contributed by atoms with E-state index in [2.05, 4.69) is 38.2 Å². The van der Waals surface area contributed by atoms with E-state index < -0.39 is 13.9 Å². The molecule has 52 heavy (non-hydrogen) atoms. The van der Waals surface area contributed by atoms with Gasteiger partial charge in [-0.05, 0) is 44.9 Å². The summed E-state index contributed by atoms with van der Waals surface area (Å²) in [7, 11) is -4.28. The van der Waals surface area contributed by atoms with Crippen LogP contribution < -0.4 is 5.73 Å². The van der Waals surface area contributed by atoms with Gasteiger partial charge in [0.25, 0.3) is 0 Å². The summed E-state index contributed by atoms with van der Waals surface area (Å²) in [5, 5.41) is 0. The van der Waals surface area contributed by atoms with Gasteiger partial charge in [-0.2, -0.15) is 0 Å². The average Bonchev–Trinajstić information content (AvgIpc) is 3.13. The molecule has 3 N–H and O–H groups in total. The van der Waals surface area contributed by atoms with Gasteiger partial charge in [-0.25, -0.2) is 4.57 Å². The van der Waals surface area contributed by atoms with Crippen molar-refractivity contribution in [3.05, 3.63) is 24.3 Å². The third kappa shape index (κ3) is 40.2. The van der Waals surface area contributed by atoms with Crippen molar-refractivity contribution in [1.29, 1.82) is 0 Å². The molecule has 0 radical (unpaired) electrons. The number of nitrogens with two attached hydrogens (primary N) is 1. The summed E-state index contributed by atoms with van der Waals surface area (Å²) >= 11 is 0. The fourth-order valence-electron chi connectivity index (χ4n) is 6.14. The Hall–Kier alpha value is -1.02. The highest BCUT2D eigenvalue weighted by Crippen LogP contribution is 2.43. The van der Waals surface area contributed by atoms with Gasteiger partial charge in [0, 0.05) is 19.6 Å². The molecule has 0 amide bonds. The molecule has 308 valence electrons. The van der Waals surface area contributed by atoms with Crippen molar-refractivity contribution in [1.82, 2.24) is 0 Å². The number of phosphoric ester groups is 1. The number of allylic oxidation sites excluding steroid dienone is 4. The minimum absolute atomic E-state index is 0.0963. The zero-order valence-corrected chi connectivity index (χ0v) is 35.0. The second kappa shape index (κ2) is 41.1. The number of carbonyl (C=O) groups excluding carboxylic acids is 1. The Morgan fingerprint density at radius 1 is 0.577 bits per heavy atom. The molecule has 0 spiro atoms. The lowest BCUT2D eigenvalue weighted by Gasteiger charge is -2.20. The van der Waals surface area contributed by atoms with Gasteiger partial charge in [-0.1, -0.05) is 179 Å². The van der Waals surface area contributed by atoms with Crippen molar-refractivity contribution in [2.75, 3.05) is 33.0 Å². The van der Waals surface area contributed by atoms with Crippen LogP contribution in [0.4, 0.5) is 0 Å². The highest BCUT2D eigenvalue weighted by Gasteiger charge is 2.25. The van der Waals surface area contributed by atoms with E-state index in [1.54, 1.807) is 0 Å². The van der Waals surface area contributed by atoms with Gasteiger partial charge >= 0.3 is 13.8 Å². The Balaban J connectivity index is 4.01. The van der Waals surface area contributed by atoms with E-state index in [1.165, 1.54) is 128 Å². The molecule has 8 nitrogen and oxygen atoms in total. The summed E-state index contributed by atoms with van der Waals surface area (Å²) in [5.74, 6) is -0.341. The molecule has 0 aromatic rings. The second-order valence-electron chi connectivity index (χ2n) is 14.6. The third-order valence-electron chi connectivity index (χ3n) is 9.37. The number of rotatable bonds is 42. The topological polar surface area (TPSA) is 117 Å². The summed E-state index contributed by atoms with van der Waals surface area (Å²) < 4.78 is 33.4. The third-order valence-corrected chi connectivity index (χ3v) is 10.4. The molecule has 0 aliphatic rings. The second-order valence-corrected chi connectivity index (χ2v) is 16.0. The van der Waals surface area contributed by atoms with E-state index >= 15 is 0 Å². The number of phosphoric acid groups is 1. The Bertz CT molecular complexity index is 853. The highest BCUT2D eigenvalue weighted by atomic mass is 31.2. The lowest BCUT2D eigenvalue weighted by atomic mass is 10.0. The van der Waals surface area contributed by atoms with Crippen molar-refractivity contribution >= 4 is 13.8 Å². The molecule has 2 atom stereocenters. The van der Waals surface area contributed by atoms with Gasteiger partial charge in [-0.15, -0.1) is 0 Å². The molecular formula is C43H84NO7P. The molecule has 0 aliphatic carbocycles. The smallest absolute Gasteiger partial charge is 0.457 e. The van der Waals surface area contributed by atoms with Crippen molar-refractivity contribution in [2.45, 2.75) is 213 Å². The van der Waals surface area contributed by atoms with E-state index in [0.29, 0.717) is 13.0 Å². The average molecular weight is 758 g/mol. The molecule has 0 heterocycles. The first-order valence-corrected chi connectivity index (χ1v) is 23.3. The summed E-state index contributed by atoms with van der Waals surface area (Å²) in [5.41, 5.74) is 5.37. The predicted octanol–water partition coefficient (Wildman–Crippen LogP) is 12.9. The number of hydrogen-bond donors (Lipinski definition) is 2. The Morgan fingerprint density at radius 2 is 1.02 bits per heavy atom. The quantitative estimate of drug-likeness (QED) is 0.0273. The van der Waals surface area contributed by atoms with Gasteiger partial charge < -0.3 is 20.1 Å². The highest BCUT2D eigenvalue weighted by molar-refractivity contribution is 7.47. The largest absolute Gasteiger partial charge is 0.472 e. The van der Waals surface area contributed by atoms with E-state index in [0.717, 1.165) is 57.8 Å². The molecule has 0 saturated heterocycles. The fraction of sp³-hybridized carbons (Fsp3) is 0.884. The first kappa shape index (κ1) is 51.0. The Labute approximate surface area is 321 Å². The molecule has 0 aromatic heterocycles. The van der Waals surface area contributed by atoms with Crippen molar-refractivity contribution in [3.63, 3.8) is 0 Å². The summed E-state index contributed by atoms with van der Waals surface area (Å²) in [6, 6.07) is 0. The van der Waals surface area contributed by atoms with E-state index in [1.807, 2.05) is 0 Å². The van der Waals surface area contributed by atoms with Gasteiger partial charge in [0.2, 0.25) is 0 Å². The molecule has 2 unspecified atom stereocenters. The standard InChI is InChI=1S/C43H84NO7P/c1-3-5-7-9-11-13-15-17-19-20-21-23-25-27-29-31-33-35-38-48-40-42(41-50-52(46,47)49-39-37-44)51-43(45)36-34-32-30-28-26-24-22-18-16-14-12-10-8-6-4-2/h12,14,18,22,42H,3-11,13,15-17,19-21,23-41,44H2,1-2H3,(H,46,47)/b14-12-,22-18-. The summed E-state index contributed by atoms with van der Waals surface area (Å²) in [4.78, 5) is 22.5. The van der Waals surface area contributed by atoms with E-state index in [-0.39, 0.29) is 32.3 Å². The van der Waals surface area contributed by atoms with Crippen LogP contribution in [0.15, 0.2) is 24.3 Å². The zero-order chi connectivity index (χ0) is 38.1. The number of hydrogen-bond acceptors (Lipinski definition) is 7. The molecular weight excluding hydrogens is 673 g/mol. The number of ether oxygens (including phenoxy) is 2. The number of esters is 1. The van der Waals surface area contributed by atoms with Crippen LogP contribution in [0.2, 0.25) is 0 Å². The van der Waals surface area contributed by atoms with Gasteiger partial charge in [0.15, 0.2) is 0 Å². The maximum absolute atomic E-state index is 12.6. The van der Waals surface area contributed by atoms with Crippen LogP contribution in [-0.4, -0.2) is 49.9 Å². The van der Waals surface area contributed by atoms with Crippen molar-refractivity contribution in [3.8, 4) is 0 Å². The van der Waals surface area contributed by atoms with Crippen LogP contribution in [0, 0.1) is 0 Å². The molecule has 0 bridgehead atoms. The van der Waals surface area contributed by atoms with Crippen LogP contribution >= 0.6 is 7.82 Å².